The molecule has 0 radical (unpaired) electrons. The normalized spacial score (nSPS) is 16.2. The number of carboxylic acids is 1. The molecule has 0 saturated carbocycles. The zero-order valence-corrected chi connectivity index (χ0v) is 40.9. The number of benzene rings is 5. The van der Waals surface area contributed by atoms with Gasteiger partial charge < -0.3 is 30.0 Å². The number of halogens is 2. The summed E-state index contributed by atoms with van der Waals surface area (Å²) >= 11 is 13.2. The molecule has 6 aromatic rings. The number of nitrogens with one attached hydrogen (secondary N) is 2. The van der Waals surface area contributed by atoms with E-state index in [1.54, 1.807) is 55.5 Å². The molecule has 0 fully saturated rings. The number of aromatic nitrogens is 1. The first kappa shape index (κ1) is 48.3. The number of ether oxygens (including phenoxy) is 3. The standard InChI is InChI=1S/C51H49Cl2N5O8S2/c1-30-49(67-50(56-30)55-20-19-51(2,3)4)68(62,63)58-27-38-25-45-44(65-29-46(66-45)36-14-16-39(17-15-36)64-28-33-9-18-40(52)41(53)21-33)24-37(38)23-43(58)47(59)57-42(48(60)61)22-31-5-10-34(11-6-31)35-12-7-32(26-54)8-13-35/h5-18,21,24-25,42-43,46H,19-20,22-23,27-29H2,1-4H3,(H,55,56)(H,57,59)(H,60,61). The molecule has 3 unspecified atom stereocenters. The van der Waals surface area contributed by atoms with Gasteiger partial charge >= 0.3 is 5.97 Å². The first-order valence-electron chi connectivity index (χ1n) is 21.9. The summed E-state index contributed by atoms with van der Waals surface area (Å²) in [5.74, 6) is -0.543. The SMILES string of the molecule is Cc1nc(NCCC(C)(C)C)sc1S(=O)(=O)N1Cc2cc3c(cc2CC1C(=O)NC(Cc1ccc(-c2ccc(C#N)cc2)cc1)C(=O)O)OCC(c1ccc(OCc2ccc(Cl)c(Cl)c2)cc1)O3. The number of hydrogen-bond donors (Lipinski definition) is 3. The molecule has 13 nitrogen and oxygen atoms in total. The number of fused-ring (bicyclic) bond motifs is 2. The second-order valence-electron chi connectivity index (χ2n) is 18.0. The van der Waals surface area contributed by atoms with Gasteiger partial charge in [0.15, 0.2) is 26.9 Å². The van der Waals surface area contributed by atoms with Crippen molar-refractivity contribution in [1.29, 1.82) is 5.26 Å². The largest absolute Gasteiger partial charge is 0.489 e. The Bertz CT molecular complexity index is 2990. The Morgan fingerprint density at radius 1 is 0.941 bits per heavy atom. The number of carbonyl (C=O) groups is 2. The summed E-state index contributed by atoms with van der Waals surface area (Å²) in [5.41, 5.74) is 6.22. The zero-order chi connectivity index (χ0) is 48.3. The Morgan fingerprint density at radius 2 is 1.62 bits per heavy atom. The third-order valence-corrected chi connectivity index (χ3v) is 16.1. The van der Waals surface area contributed by atoms with E-state index >= 15 is 0 Å². The average molecular weight is 995 g/mol. The van der Waals surface area contributed by atoms with Crippen molar-refractivity contribution < 1.29 is 37.3 Å². The Morgan fingerprint density at radius 3 is 2.28 bits per heavy atom. The minimum absolute atomic E-state index is 0.0175. The van der Waals surface area contributed by atoms with Crippen molar-refractivity contribution in [2.24, 2.45) is 5.41 Å². The van der Waals surface area contributed by atoms with Gasteiger partial charge in [0, 0.05) is 19.5 Å². The van der Waals surface area contributed by atoms with E-state index in [1.165, 1.54) is 0 Å². The van der Waals surface area contributed by atoms with Crippen LogP contribution in [0, 0.1) is 23.7 Å². The predicted molar refractivity (Wildman–Crippen MR) is 262 cm³/mol. The molecular formula is C51H49Cl2N5O8S2. The van der Waals surface area contributed by atoms with Gasteiger partial charge in [0.2, 0.25) is 5.91 Å². The van der Waals surface area contributed by atoms with Gasteiger partial charge in [0.1, 0.15) is 31.0 Å². The smallest absolute Gasteiger partial charge is 0.326 e. The molecule has 2 aliphatic rings. The number of sulfonamides is 1. The highest BCUT2D eigenvalue weighted by Gasteiger charge is 2.43. The van der Waals surface area contributed by atoms with E-state index in [-0.39, 0.29) is 41.3 Å². The zero-order valence-electron chi connectivity index (χ0n) is 37.7. The van der Waals surface area contributed by atoms with Crippen molar-refractivity contribution in [3.05, 3.63) is 152 Å². The minimum Gasteiger partial charge on any atom is -0.489 e. The summed E-state index contributed by atoms with van der Waals surface area (Å²) in [5, 5.41) is 26.8. The number of carboxylic acid groups (broad SMARTS) is 1. The summed E-state index contributed by atoms with van der Waals surface area (Å²) in [6.07, 6.45) is 0.208. The van der Waals surface area contributed by atoms with Crippen LogP contribution < -0.4 is 24.8 Å². The van der Waals surface area contributed by atoms with Gasteiger partial charge in [0.05, 0.1) is 27.4 Å². The van der Waals surface area contributed by atoms with Crippen molar-refractivity contribution in [2.45, 2.75) is 82.5 Å². The first-order chi connectivity index (χ1) is 32.4. The van der Waals surface area contributed by atoms with E-state index in [9.17, 15) is 23.1 Å². The molecule has 68 heavy (non-hydrogen) atoms. The van der Waals surface area contributed by atoms with Gasteiger partial charge in [-0.15, -0.1) is 0 Å². The summed E-state index contributed by atoms with van der Waals surface area (Å²) < 4.78 is 49.5. The fraction of sp³-hybridized carbons (Fsp3) is 0.294. The van der Waals surface area contributed by atoms with Crippen LogP contribution in [0.15, 0.2) is 107 Å². The highest BCUT2D eigenvalue weighted by molar-refractivity contribution is 7.91. The second kappa shape index (κ2) is 20.2. The van der Waals surface area contributed by atoms with Crippen LogP contribution in [0.5, 0.6) is 17.2 Å². The van der Waals surface area contributed by atoms with E-state index < -0.39 is 40.1 Å². The number of nitrogens with zero attached hydrogens (tertiary/aromatic N) is 3. The molecule has 0 spiro atoms. The molecule has 17 heteroatoms. The lowest BCUT2D eigenvalue weighted by Crippen LogP contribution is -2.55. The molecule has 5 aromatic carbocycles. The topological polar surface area (TPSA) is 180 Å². The second-order valence-corrected chi connectivity index (χ2v) is 21.9. The van der Waals surface area contributed by atoms with Gasteiger partial charge in [-0.1, -0.05) is 110 Å². The van der Waals surface area contributed by atoms with Gasteiger partial charge in [0.25, 0.3) is 10.0 Å². The molecule has 2 aliphatic heterocycles. The quantitative estimate of drug-likeness (QED) is 0.0891. The van der Waals surface area contributed by atoms with Crippen LogP contribution in [0.1, 0.15) is 72.4 Å². The number of thiazole rings is 1. The Labute approximate surface area is 409 Å². The molecule has 1 amide bonds. The lowest BCUT2D eigenvalue weighted by Gasteiger charge is -2.36. The van der Waals surface area contributed by atoms with Crippen molar-refractivity contribution >= 4 is 61.6 Å². The molecule has 0 aliphatic carbocycles. The van der Waals surface area contributed by atoms with Gasteiger partial charge in [-0.05, 0) is 113 Å². The lowest BCUT2D eigenvalue weighted by atomic mass is 9.92. The number of rotatable bonds is 15. The van der Waals surface area contributed by atoms with Gasteiger partial charge in [-0.3, -0.25) is 4.79 Å². The summed E-state index contributed by atoms with van der Waals surface area (Å²) in [7, 11) is -4.39. The molecule has 3 heterocycles. The van der Waals surface area contributed by atoms with Crippen LogP contribution in [0.4, 0.5) is 5.13 Å². The van der Waals surface area contributed by atoms with Crippen molar-refractivity contribution in [3.8, 4) is 34.4 Å². The number of anilines is 1. The number of nitriles is 1. The van der Waals surface area contributed by atoms with Crippen LogP contribution in [0.2, 0.25) is 10.0 Å². The Kier molecular flexibility index (Phi) is 14.4. The molecule has 352 valence electrons. The number of aryl methyl sites for hydroxylation is 1. The molecule has 0 bridgehead atoms. The van der Waals surface area contributed by atoms with Crippen LogP contribution in [-0.2, 0) is 45.6 Å². The van der Waals surface area contributed by atoms with E-state index in [2.05, 4.69) is 42.5 Å². The molecule has 3 atom stereocenters. The van der Waals surface area contributed by atoms with Crippen LogP contribution in [0.25, 0.3) is 11.1 Å². The fourth-order valence-corrected chi connectivity index (χ4v) is 11.4. The van der Waals surface area contributed by atoms with Crippen molar-refractivity contribution in [3.63, 3.8) is 0 Å². The van der Waals surface area contributed by atoms with Crippen LogP contribution in [-0.4, -0.2) is 59.9 Å². The number of carbonyl (C=O) groups excluding carboxylic acids is 1. The summed E-state index contributed by atoms with van der Waals surface area (Å²) in [6, 6.07) is 30.1. The number of amides is 1. The van der Waals surface area contributed by atoms with Crippen LogP contribution in [0.3, 0.4) is 0 Å². The third-order valence-electron chi connectivity index (χ3n) is 11.8. The van der Waals surface area contributed by atoms with Crippen LogP contribution >= 0.6 is 34.5 Å². The highest BCUT2D eigenvalue weighted by Crippen LogP contribution is 2.43. The Hall–Kier alpha value is -6.15. The van der Waals surface area contributed by atoms with Crippen molar-refractivity contribution in [1.82, 2.24) is 14.6 Å². The fourth-order valence-electron chi connectivity index (χ4n) is 7.96. The van der Waals surface area contributed by atoms with Gasteiger partial charge in [-0.25, -0.2) is 18.2 Å². The molecule has 0 saturated heterocycles. The number of hydrogen-bond acceptors (Lipinski definition) is 11. The summed E-state index contributed by atoms with van der Waals surface area (Å²) in [6.45, 7) is 8.82. The van der Waals surface area contributed by atoms with E-state index in [0.29, 0.717) is 67.8 Å². The third kappa shape index (κ3) is 11.2. The maximum atomic E-state index is 14.9. The van der Waals surface area contributed by atoms with E-state index in [1.807, 2.05) is 54.6 Å². The average Bonchev–Trinajstić information content (AvgIpc) is 3.70. The van der Waals surface area contributed by atoms with E-state index in [0.717, 1.165) is 44.3 Å². The molecule has 3 N–H and O–H groups in total. The van der Waals surface area contributed by atoms with Crippen molar-refractivity contribution in [2.75, 3.05) is 18.5 Å². The number of aliphatic carboxylic acids is 1. The monoisotopic (exact) mass is 993 g/mol. The first-order valence-corrected chi connectivity index (χ1v) is 24.9. The van der Waals surface area contributed by atoms with Gasteiger partial charge in [-0.2, -0.15) is 9.57 Å². The maximum absolute atomic E-state index is 14.9. The molecule has 1 aromatic heterocycles. The minimum atomic E-state index is -4.39. The molecular weight excluding hydrogens is 946 g/mol. The molecule has 8 rings (SSSR count). The van der Waals surface area contributed by atoms with E-state index in [4.69, 9.17) is 42.7 Å². The predicted octanol–water partition coefficient (Wildman–Crippen LogP) is 10.2. The maximum Gasteiger partial charge on any atom is 0.326 e. The summed E-state index contributed by atoms with van der Waals surface area (Å²) in [4.78, 5) is 31.8. The highest BCUT2D eigenvalue weighted by atomic mass is 35.5. The lowest BCUT2D eigenvalue weighted by molar-refractivity contribution is -0.142. The Balaban J connectivity index is 1.03.